The summed E-state index contributed by atoms with van der Waals surface area (Å²) < 4.78 is 0. The molecule has 0 aliphatic carbocycles. The Morgan fingerprint density at radius 3 is 2.60 bits per heavy atom. The Hall–Kier alpha value is -1.30. The van der Waals surface area contributed by atoms with Crippen molar-refractivity contribution >= 4 is 52.1 Å². The van der Waals surface area contributed by atoms with Crippen molar-refractivity contribution in [2.24, 2.45) is 0 Å². The number of benzene rings is 1. The van der Waals surface area contributed by atoms with Crippen LogP contribution in [0.4, 0.5) is 5.69 Å². The first kappa shape index (κ1) is 16.8. The van der Waals surface area contributed by atoms with E-state index in [1.807, 2.05) is 6.92 Å². The number of halogens is 2. The van der Waals surface area contributed by atoms with E-state index in [4.69, 9.17) is 35.4 Å². The third-order valence-electron chi connectivity index (χ3n) is 2.16. The molecule has 0 saturated heterocycles. The van der Waals surface area contributed by atoms with E-state index in [0.717, 1.165) is 5.57 Å². The van der Waals surface area contributed by atoms with Gasteiger partial charge in [0.1, 0.15) is 0 Å². The van der Waals surface area contributed by atoms with Crippen molar-refractivity contribution in [2.75, 3.05) is 18.4 Å². The molecule has 3 N–H and O–H groups in total. The minimum absolute atomic E-state index is 0.0326. The molecular formula is C13H15Cl2N3OS. The van der Waals surface area contributed by atoms with Gasteiger partial charge in [-0.1, -0.05) is 35.4 Å². The number of hydrogen-bond donors (Lipinski definition) is 3. The van der Waals surface area contributed by atoms with Crippen LogP contribution in [-0.4, -0.2) is 24.1 Å². The Labute approximate surface area is 133 Å². The topological polar surface area (TPSA) is 53.2 Å². The molecule has 0 radical (unpaired) electrons. The summed E-state index contributed by atoms with van der Waals surface area (Å²) >= 11 is 16.8. The first-order valence-corrected chi connectivity index (χ1v) is 6.96. The molecule has 1 aromatic carbocycles. The van der Waals surface area contributed by atoms with Crippen LogP contribution in [0.5, 0.6) is 0 Å². The highest BCUT2D eigenvalue weighted by atomic mass is 35.5. The zero-order valence-electron chi connectivity index (χ0n) is 10.9. The van der Waals surface area contributed by atoms with E-state index in [1.165, 1.54) is 0 Å². The minimum Gasteiger partial charge on any atom is -0.359 e. The molecule has 0 unspecified atom stereocenters. The van der Waals surface area contributed by atoms with Gasteiger partial charge in [0.05, 0.1) is 17.3 Å². The van der Waals surface area contributed by atoms with Gasteiger partial charge in [0, 0.05) is 11.6 Å². The van der Waals surface area contributed by atoms with Gasteiger partial charge in [0.25, 0.3) is 0 Å². The van der Waals surface area contributed by atoms with E-state index in [2.05, 4.69) is 22.5 Å². The molecular weight excluding hydrogens is 317 g/mol. The fourth-order valence-electron chi connectivity index (χ4n) is 1.24. The van der Waals surface area contributed by atoms with E-state index >= 15 is 0 Å². The van der Waals surface area contributed by atoms with E-state index in [0.29, 0.717) is 27.4 Å². The molecule has 0 fully saturated rings. The molecule has 0 aromatic heterocycles. The standard InChI is InChI=1S/C13H15Cl2N3OS/c1-8(2)6-16-13(20)17-7-12(19)18-11-5-9(14)3-4-10(11)15/h3-5H,1,6-7H2,2H3,(H,18,19)(H2,16,17,20). The van der Waals surface area contributed by atoms with E-state index < -0.39 is 0 Å². The lowest BCUT2D eigenvalue weighted by Crippen LogP contribution is -2.40. The van der Waals surface area contributed by atoms with Gasteiger partial charge in [0.2, 0.25) is 5.91 Å². The molecule has 0 aliphatic heterocycles. The fourth-order valence-corrected chi connectivity index (χ4v) is 1.72. The highest BCUT2D eigenvalue weighted by Gasteiger charge is 2.07. The maximum atomic E-state index is 11.7. The molecule has 0 heterocycles. The Balaban J connectivity index is 2.42. The first-order valence-electron chi connectivity index (χ1n) is 5.79. The normalized spacial score (nSPS) is 9.75. The Kier molecular flexibility index (Phi) is 6.78. The van der Waals surface area contributed by atoms with Crippen molar-refractivity contribution in [1.82, 2.24) is 10.6 Å². The molecule has 4 nitrogen and oxygen atoms in total. The zero-order valence-corrected chi connectivity index (χ0v) is 13.3. The summed E-state index contributed by atoms with van der Waals surface area (Å²) in [7, 11) is 0. The Morgan fingerprint density at radius 1 is 1.30 bits per heavy atom. The van der Waals surface area contributed by atoms with E-state index in [-0.39, 0.29) is 12.5 Å². The second kappa shape index (κ2) is 8.09. The van der Waals surface area contributed by atoms with Gasteiger partial charge >= 0.3 is 0 Å². The molecule has 1 amide bonds. The summed E-state index contributed by atoms with van der Waals surface area (Å²) in [4.78, 5) is 11.7. The lowest BCUT2D eigenvalue weighted by Gasteiger charge is -2.11. The molecule has 1 rings (SSSR count). The Bertz CT molecular complexity index is 534. The number of amides is 1. The quantitative estimate of drug-likeness (QED) is 0.573. The number of hydrogen-bond acceptors (Lipinski definition) is 2. The van der Waals surface area contributed by atoms with Crippen LogP contribution in [0, 0.1) is 0 Å². The van der Waals surface area contributed by atoms with Crippen molar-refractivity contribution in [2.45, 2.75) is 6.92 Å². The lowest BCUT2D eigenvalue weighted by atomic mass is 10.3. The maximum Gasteiger partial charge on any atom is 0.243 e. The molecule has 108 valence electrons. The molecule has 0 aliphatic rings. The van der Waals surface area contributed by atoms with Gasteiger partial charge in [0.15, 0.2) is 5.11 Å². The largest absolute Gasteiger partial charge is 0.359 e. The summed E-state index contributed by atoms with van der Waals surface area (Å²) in [5.41, 5.74) is 1.41. The molecule has 0 spiro atoms. The van der Waals surface area contributed by atoms with Crippen LogP contribution in [0.2, 0.25) is 10.0 Å². The predicted molar refractivity (Wildman–Crippen MR) is 88.5 cm³/mol. The summed E-state index contributed by atoms with van der Waals surface area (Å²) in [6.45, 7) is 6.21. The van der Waals surface area contributed by atoms with Crippen LogP contribution < -0.4 is 16.0 Å². The molecule has 0 bridgehead atoms. The Morgan fingerprint density at radius 2 is 1.95 bits per heavy atom. The highest BCUT2D eigenvalue weighted by molar-refractivity contribution is 7.80. The average molecular weight is 332 g/mol. The second-order valence-electron chi connectivity index (χ2n) is 4.17. The number of carbonyl (C=O) groups excluding carboxylic acids is 1. The second-order valence-corrected chi connectivity index (χ2v) is 5.42. The van der Waals surface area contributed by atoms with Gasteiger partial charge < -0.3 is 16.0 Å². The summed E-state index contributed by atoms with van der Waals surface area (Å²) in [5.74, 6) is -0.270. The van der Waals surface area contributed by atoms with E-state index in [1.54, 1.807) is 18.2 Å². The van der Waals surface area contributed by atoms with Crippen molar-refractivity contribution in [3.63, 3.8) is 0 Å². The number of rotatable bonds is 5. The molecule has 0 atom stereocenters. The summed E-state index contributed by atoms with van der Waals surface area (Å²) in [6.07, 6.45) is 0. The lowest BCUT2D eigenvalue weighted by molar-refractivity contribution is -0.115. The molecule has 7 heteroatoms. The van der Waals surface area contributed by atoms with Gasteiger partial charge in [-0.05, 0) is 37.3 Å². The number of anilines is 1. The van der Waals surface area contributed by atoms with Gasteiger partial charge in [-0.3, -0.25) is 4.79 Å². The fraction of sp³-hybridized carbons (Fsp3) is 0.231. The third kappa shape index (κ3) is 6.23. The van der Waals surface area contributed by atoms with Gasteiger partial charge in [-0.15, -0.1) is 0 Å². The minimum atomic E-state index is -0.270. The monoisotopic (exact) mass is 331 g/mol. The summed E-state index contributed by atoms with van der Waals surface area (Å²) in [5, 5.41) is 9.65. The summed E-state index contributed by atoms with van der Waals surface area (Å²) in [6, 6.07) is 4.85. The van der Waals surface area contributed by atoms with E-state index in [9.17, 15) is 4.79 Å². The molecule has 20 heavy (non-hydrogen) atoms. The van der Waals surface area contributed by atoms with Crippen molar-refractivity contribution < 1.29 is 4.79 Å². The molecule has 0 saturated carbocycles. The van der Waals surface area contributed by atoms with Crippen LogP contribution in [0.1, 0.15) is 6.92 Å². The van der Waals surface area contributed by atoms with Crippen LogP contribution >= 0.6 is 35.4 Å². The van der Waals surface area contributed by atoms with Crippen LogP contribution in [0.15, 0.2) is 30.4 Å². The average Bonchev–Trinajstić information content (AvgIpc) is 2.38. The first-order chi connectivity index (χ1) is 9.38. The van der Waals surface area contributed by atoms with Gasteiger partial charge in [-0.2, -0.15) is 0 Å². The number of thiocarbonyl (C=S) groups is 1. The van der Waals surface area contributed by atoms with Crippen molar-refractivity contribution in [3.8, 4) is 0 Å². The molecule has 1 aromatic rings. The van der Waals surface area contributed by atoms with Crippen LogP contribution in [0.25, 0.3) is 0 Å². The van der Waals surface area contributed by atoms with Gasteiger partial charge in [-0.25, -0.2) is 0 Å². The number of nitrogens with one attached hydrogen (secondary N) is 3. The van der Waals surface area contributed by atoms with Crippen LogP contribution in [0.3, 0.4) is 0 Å². The third-order valence-corrected chi connectivity index (χ3v) is 3.02. The van der Waals surface area contributed by atoms with Crippen molar-refractivity contribution in [1.29, 1.82) is 0 Å². The smallest absolute Gasteiger partial charge is 0.243 e. The predicted octanol–water partition coefficient (Wildman–Crippen LogP) is 2.97. The SMILES string of the molecule is C=C(C)CNC(=S)NCC(=O)Nc1cc(Cl)ccc1Cl. The maximum absolute atomic E-state index is 11.7. The highest BCUT2D eigenvalue weighted by Crippen LogP contribution is 2.25. The number of carbonyl (C=O) groups is 1. The van der Waals surface area contributed by atoms with Crippen molar-refractivity contribution in [3.05, 3.63) is 40.4 Å². The van der Waals surface area contributed by atoms with Crippen LogP contribution in [-0.2, 0) is 4.79 Å². The zero-order chi connectivity index (χ0) is 15.1.